The van der Waals surface area contributed by atoms with Crippen molar-refractivity contribution in [2.45, 2.75) is 19.3 Å². The summed E-state index contributed by atoms with van der Waals surface area (Å²) in [5.41, 5.74) is 2.31. The van der Waals surface area contributed by atoms with Gasteiger partial charge in [-0.1, -0.05) is 6.07 Å². The molecule has 2 N–H and O–H groups in total. The second-order valence-corrected chi connectivity index (χ2v) is 5.68. The normalized spacial score (nSPS) is 14.4. The number of nitrogens with one attached hydrogen (secondary N) is 2. The van der Waals surface area contributed by atoms with Gasteiger partial charge in [-0.05, 0) is 61.7 Å². The van der Waals surface area contributed by atoms with Crippen LogP contribution in [0.25, 0.3) is 0 Å². The van der Waals surface area contributed by atoms with E-state index >= 15 is 0 Å². The molecule has 0 radical (unpaired) electrons. The van der Waals surface area contributed by atoms with Gasteiger partial charge in [0.25, 0.3) is 0 Å². The van der Waals surface area contributed by atoms with E-state index in [1.54, 1.807) is 12.1 Å². The molecule has 1 fully saturated rings. The number of nitrogens with zero attached hydrogens (tertiary/aromatic N) is 1. The minimum atomic E-state index is -0.388. The highest BCUT2D eigenvalue weighted by atomic mass is 19.1. The van der Waals surface area contributed by atoms with Gasteiger partial charge < -0.3 is 15.5 Å². The summed E-state index contributed by atoms with van der Waals surface area (Å²) in [5, 5.41) is 5.36. The fraction of sp³-hybridized carbons (Fsp3) is 0.278. The molecule has 1 saturated heterocycles. The molecule has 120 valence electrons. The fourth-order valence-electron chi connectivity index (χ4n) is 2.77. The first-order chi connectivity index (χ1) is 11.2. The Hall–Kier alpha value is -2.56. The van der Waals surface area contributed by atoms with E-state index in [1.165, 1.54) is 37.1 Å². The maximum atomic E-state index is 13.1. The highest BCUT2D eigenvalue weighted by molar-refractivity contribution is 5.99. The van der Waals surface area contributed by atoms with Crippen molar-refractivity contribution in [2.75, 3.05) is 28.6 Å². The molecular formula is C18H20FN3O. The number of benzene rings is 2. The van der Waals surface area contributed by atoms with Gasteiger partial charge in [0.05, 0.1) is 0 Å². The van der Waals surface area contributed by atoms with Crippen molar-refractivity contribution in [3.63, 3.8) is 0 Å². The summed E-state index contributed by atoms with van der Waals surface area (Å²) in [5.74, 6) is -0.381. The van der Waals surface area contributed by atoms with E-state index in [1.807, 2.05) is 24.3 Å². The Morgan fingerprint density at radius 1 is 0.913 bits per heavy atom. The fourth-order valence-corrected chi connectivity index (χ4v) is 2.77. The highest BCUT2D eigenvalue weighted by Crippen LogP contribution is 2.22. The lowest BCUT2D eigenvalue weighted by Crippen LogP contribution is -2.29. The maximum absolute atomic E-state index is 13.1. The number of anilines is 3. The van der Waals surface area contributed by atoms with Gasteiger partial charge in [-0.15, -0.1) is 0 Å². The Labute approximate surface area is 135 Å². The summed E-state index contributed by atoms with van der Waals surface area (Å²) in [6.07, 6.45) is 3.77. The molecule has 0 bridgehead atoms. The van der Waals surface area contributed by atoms with Crippen molar-refractivity contribution in [3.8, 4) is 0 Å². The van der Waals surface area contributed by atoms with Crippen LogP contribution in [0.2, 0.25) is 0 Å². The third-order valence-corrected chi connectivity index (χ3v) is 3.93. The summed E-state index contributed by atoms with van der Waals surface area (Å²) < 4.78 is 13.1. The van der Waals surface area contributed by atoms with Crippen molar-refractivity contribution in [3.05, 3.63) is 54.3 Å². The number of hydrogen-bond acceptors (Lipinski definition) is 2. The molecule has 0 saturated carbocycles. The number of carbonyl (C=O) groups is 1. The van der Waals surface area contributed by atoms with Gasteiger partial charge in [-0.2, -0.15) is 0 Å². The topological polar surface area (TPSA) is 44.4 Å². The van der Waals surface area contributed by atoms with Crippen molar-refractivity contribution in [2.24, 2.45) is 0 Å². The number of urea groups is 1. The first kappa shape index (κ1) is 15.3. The average molecular weight is 313 g/mol. The number of piperidine rings is 1. The van der Waals surface area contributed by atoms with Crippen LogP contribution in [0.15, 0.2) is 48.5 Å². The van der Waals surface area contributed by atoms with E-state index in [4.69, 9.17) is 0 Å². The predicted octanol–water partition coefficient (Wildman–Crippen LogP) is 4.46. The van der Waals surface area contributed by atoms with Crippen molar-refractivity contribution in [1.29, 1.82) is 0 Å². The Kier molecular flexibility index (Phi) is 4.76. The maximum Gasteiger partial charge on any atom is 0.323 e. The van der Waals surface area contributed by atoms with Gasteiger partial charge in [0, 0.05) is 30.2 Å². The third kappa shape index (κ3) is 4.22. The lowest BCUT2D eigenvalue weighted by Gasteiger charge is -2.28. The molecule has 2 aromatic rings. The summed E-state index contributed by atoms with van der Waals surface area (Å²) in [4.78, 5) is 14.3. The average Bonchev–Trinajstić information content (AvgIpc) is 2.56. The number of hydrogen-bond donors (Lipinski definition) is 2. The van der Waals surface area contributed by atoms with E-state index < -0.39 is 0 Å². The molecule has 2 aromatic carbocycles. The van der Waals surface area contributed by atoms with Crippen LogP contribution >= 0.6 is 0 Å². The Balaban J connectivity index is 1.58. The molecule has 23 heavy (non-hydrogen) atoms. The van der Waals surface area contributed by atoms with E-state index in [0.717, 1.165) is 13.1 Å². The predicted molar refractivity (Wildman–Crippen MR) is 91.5 cm³/mol. The Morgan fingerprint density at radius 2 is 1.61 bits per heavy atom. The molecule has 1 aliphatic rings. The zero-order valence-electron chi connectivity index (χ0n) is 12.9. The number of halogens is 1. The largest absolute Gasteiger partial charge is 0.372 e. The monoisotopic (exact) mass is 313 g/mol. The summed E-state index contributed by atoms with van der Waals surface area (Å²) in [7, 11) is 0. The summed E-state index contributed by atoms with van der Waals surface area (Å²) >= 11 is 0. The van der Waals surface area contributed by atoms with Crippen LogP contribution in [0.4, 0.5) is 26.2 Å². The number of rotatable bonds is 3. The summed E-state index contributed by atoms with van der Waals surface area (Å²) in [6, 6.07) is 13.2. The van der Waals surface area contributed by atoms with Crippen LogP contribution in [0.5, 0.6) is 0 Å². The SMILES string of the molecule is O=C(Nc1ccc(N2CCCCC2)cc1)Nc1cccc(F)c1. The molecule has 0 unspecified atom stereocenters. The van der Waals surface area contributed by atoms with E-state index in [9.17, 15) is 9.18 Å². The van der Waals surface area contributed by atoms with E-state index in [2.05, 4.69) is 15.5 Å². The molecule has 3 rings (SSSR count). The minimum absolute atomic E-state index is 0.381. The van der Waals surface area contributed by atoms with Gasteiger partial charge in [-0.25, -0.2) is 9.18 Å². The molecule has 1 heterocycles. The minimum Gasteiger partial charge on any atom is -0.372 e. The molecule has 0 aromatic heterocycles. The summed E-state index contributed by atoms with van der Waals surface area (Å²) in [6.45, 7) is 2.18. The van der Waals surface area contributed by atoms with Crippen LogP contribution < -0.4 is 15.5 Å². The van der Waals surface area contributed by atoms with E-state index in [0.29, 0.717) is 11.4 Å². The quantitative estimate of drug-likeness (QED) is 0.878. The number of amides is 2. The van der Waals surface area contributed by atoms with Gasteiger partial charge in [0.2, 0.25) is 0 Å². The van der Waals surface area contributed by atoms with Crippen molar-refractivity contribution in [1.82, 2.24) is 0 Å². The second-order valence-electron chi connectivity index (χ2n) is 5.68. The van der Waals surface area contributed by atoms with Crippen LogP contribution in [0.3, 0.4) is 0 Å². The molecule has 0 aliphatic carbocycles. The molecule has 0 atom stereocenters. The zero-order chi connectivity index (χ0) is 16.1. The van der Waals surface area contributed by atoms with Crippen molar-refractivity contribution < 1.29 is 9.18 Å². The Bertz CT molecular complexity index is 666. The van der Waals surface area contributed by atoms with Crippen molar-refractivity contribution >= 4 is 23.1 Å². The van der Waals surface area contributed by atoms with Crippen LogP contribution in [0, 0.1) is 5.82 Å². The highest BCUT2D eigenvalue weighted by Gasteiger charge is 2.11. The molecule has 0 spiro atoms. The van der Waals surface area contributed by atoms with Crippen LogP contribution in [-0.2, 0) is 0 Å². The first-order valence-electron chi connectivity index (χ1n) is 7.89. The molecule has 4 nitrogen and oxygen atoms in total. The lowest BCUT2D eigenvalue weighted by atomic mass is 10.1. The van der Waals surface area contributed by atoms with Gasteiger partial charge in [0.15, 0.2) is 0 Å². The van der Waals surface area contributed by atoms with Gasteiger partial charge >= 0.3 is 6.03 Å². The number of carbonyl (C=O) groups excluding carboxylic acids is 1. The first-order valence-corrected chi connectivity index (χ1v) is 7.89. The smallest absolute Gasteiger partial charge is 0.323 e. The molecular weight excluding hydrogens is 293 g/mol. The second kappa shape index (κ2) is 7.13. The molecule has 1 aliphatic heterocycles. The molecule has 2 amide bonds. The van der Waals surface area contributed by atoms with Gasteiger partial charge in [-0.3, -0.25) is 0 Å². The van der Waals surface area contributed by atoms with Crippen LogP contribution in [-0.4, -0.2) is 19.1 Å². The van der Waals surface area contributed by atoms with Gasteiger partial charge in [0.1, 0.15) is 5.82 Å². The third-order valence-electron chi connectivity index (χ3n) is 3.93. The molecule has 5 heteroatoms. The van der Waals surface area contributed by atoms with E-state index in [-0.39, 0.29) is 11.8 Å². The van der Waals surface area contributed by atoms with Crippen LogP contribution in [0.1, 0.15) is 19.3 Å². The standard InChI is InChI=1S/C18H20FN3O/c19-14-5-4-6-16(13-14)21-18(23)20-15-7-9-17(10-8-15)22-11-2-1-3-12-22/h4-10,13H,1-3,11-12H2,(H2,20,21,23). The zero-order valence-corrected chi connectivity index (χ0v) is 12.9. The Morgan fingerprint density at radius 3 is 2.30 bits per heavy atom. The lowest BCUT2D eigenvalue weighted by molar-refractivity contribution is 0.262.